The summed E-state index contributed by atoms with van der Waals surface area (Å²) in [6.45, 7) is 2.33. The molecule has 0 saturated heterocycles. The van der Waals surface area contributed by atoms with Gasteiger partial charge in [-0.3, -0.25) is 4.79 Å². The molecule has 0 aliphatic rings. The lowest BCUT2D eigenvalue weighted by Gasteiger charge is -2.15. The maximum Gasteiger partial charge on any atom is 0.315 e. The van der Waals surface area contributed by atoms with Gasteiger partial charge in [0.1, 0.15) is 0 Å². The van der Waals surface area contributed by atoms with Gasteiger partial charge in [0.05, 0.1) is 6.04 Å². The summed E-state index contributed by atoms with van der Waals surface area (Å²) < 4.78 is 1.00. The predicted octanol–water partition coefficient (Wildman–Crippen LogP) is 3.37. The van der Waals surface area contributed by atoms with E-state index in [1.165, 1.54) is 0 Å². The fourth-order valence-electron chi connectivity index (χ4n) is 2.18. The van der Waals surface area contributed by atoms with Gasteiger partial charge >= 0.3 is 6.03 Å². The van der Waals surface area contributed by atoms with Crippen molar-refractivity contribution in [3.63, 3.8) is 0 Å². The van der Waals surface area contributed by atoms with Crippen molar-refractivity contribution in [1.82, 2.24) is 16.0 Å². The highest BCUT2D eigenvalue weighted by Gasteiger charge is 2.09. The highest BCUT2D eigenvalue weighted by molar-refractivity contribution is 9.10. The minimum absolute atomic E-state index is 0.0891. The van der Waals surface area contributed by atoms with Crippen molar-refractivity contribution in [2.24, 2.45) is 0 Å². The van der Waals surface area contributed by atoms with Crippen LogP contribution in [-0.4, -0.2) is 19.0 Å². The molecule has 2 aromatic rings. The van der Waals surface area contributed by atoms with E-state index in [0.29, 0.717) is 12.1 Å². The van der Waals surface area contributed by atoms with Crippen molar-refractivity contribution in [1.29, 1.82) is 0 Å². The maximum absolute atomic E-state index is 12.0. The van der Waals surface area contributed by atoms with Gasteiger partial charge in [-0.15, -0.1) is 0 Å². The topological polar surface area (TPSA) is 70.2 Å². The van der Waals surface area contributed by atoms with Crippen LogP contribution in [0.4, 0.5) is 4.79 Å². The Balaban J connectivity index is 1.84. The SMILES string of the molecule is CNC(=O)c1ccc(CNC(=O)NC(C)c2ccc(Br)cc2)cc1. The Morgan fingerprint density at radius 3 is 2.25 bits per heavy atom. The summed E-state index contributed by atoms with van der Waals surface area (Å²) in [6.07, 6.45) is 0. The van der Waals surface area contributed by atoms with Crippen molar-refractivity contribution in [3.05, 3.63) is 69.7 Å². The monoisotopic (exact) mass is 389 g/mol. The number of rotatable bonds is 5. The molecule has 2 aromatic carbocycles. The fraction of sp³-hybridized carbons (Fsp3) is 0.222. The van der Waals surface area contributed by atoms with Crippen LogP contribution in [0.3, 0.4) is 0 Å². The van der Waals surface area contributed by atoms with E-state index in [2.05, 4.69) is 31.9 Å². The van der Waals surface area contributed by atoms with Crippen LogP contribution >= 0.6 is 15.9 Å². The summed E-state index contributed by atoms with van der Waals surface area (Å²) >= 11 is 3.39. The van der Waals surface area contributed by atoms with Gasteiger partial charge in [0.15, 0.2) is 0 Å². The van der Waals surface area contributed by atoms with Crippen LogP contribution in [0.1, 0.15) is 34.5 Å². The van der Waals surface area contributed by atoms with E-state index >= 15 is 0 Å². The smallest absolute Gasteiger partial charge is 0.315 e. The van der Waals surface area contributed by atoms with Gasteiger partial charge in [-0.2, -0.15) is 0 Å². The first-order valence-corrected chi connectivity index (χ1v) is 8.39. The minimum atomic E-state index is -0.235. The van der Waals surface area contributed by atoms with Gasteiger partial charge in [-0.05, 0) is 42.3 Å². The number of carbonyl (C=O) groups excluding carboxylic acids is 2. The second-order valence-corrected chi connectivity index (χ2v) is 6.29. The number of halogens is 1. The molecule has 24 heavy (non-hydrogen) atoms. The molecule has 126 valence electrons. The average Bonchev–Trinajstić information content (AvgIpc) is 2.60. The Labute approximate surface area is 150 Å². The Kier molecular flexibility index (Phi) is 6.37. The van der Waals surface area contributed by atoms with Gasteiger partial charge in [0.2, 0.25) is 0 Å². The molecule has 0 radical (unpaired) electrons. The molecule has 1 atom stereocenters. The normalized spacial score (nSPS) is 11.5. The molecular formula is C18H20BrN3O2. The summed E-state index contributed by atoms with van der Waals surface area (Å²) in [7, 11) is 1.59. The van der Waals surface area contributed by atoms with E-state index in [0.717, 1.165) is 15.6 Å². The Hall–Kier alpha value is -2.34. The van der Waals surface area contributed by atoms with E-state index in [4.69, 9.17) is 0 Å². The van der Waals surface area contributed by atoms with Gasteiger partial charge in [0, 0.05) is 23.6 Å². The zero-order valence-corrected chi connectivity index (χ0v) is 15.2. The molecular weight excluding hydrogens is 370 g/mol. The summed E-state index contributed by atoms with van der Waals surface area (Å²) in [4.78, 5) is 23.5. The maximum atomic E-state index is 12.0. The molecule has 0 saturated carbocycles. The average molecular weight is 390 g/mol. The van der Waals surface area contributed by atoms with Gasteiger partial charge in [-0.1, -0.05) is 40.2 Å². The molecule has 0 fully saturated rings. The second-order valence-electron chi connectivity index (χ2n) is 5.38. The van der Waals surface area contributed by atoms with Crippen LogP contribution in [0, 0.1) is 0 Å². The standard InChI is InChI=1S/C18H20BrN3O2/c1-12(14-7-9-16(19)10-8-14)22-18(24)21-11-13-3-5-15(6-4-13)17(23)20-2/h3-10,12H,11H2,1-2H3,(H,20,23)(H2,21,22,24). The van der Waals surface area contributed by atoms with E-state index in [1.807, 2.05) is 43.3 Å². The van der Waals surface area contributed by atoms with Crippen LogP contribution in [0.5, 0.6) is 0 Å². The third-order valence-electron chi connectivity index (χ3n) is 3.61. The van der Waals surface area contributed by atoms with E-state index in [1.54, 1.807) is 19.2 Å². The van der Waals surface area contributed by atoms with E-state index < -0.39 is 0 Å². The van der Waals surface area contributed by atoms with Crippen LogP contribution < -0.4 is 16.0 Å². The molecule has 0 aliphatic carbocycles. The minimum Gasteiger partial charge on any atom is -0.355 e. The molecule has 3 N–H and O–H groups in total. The molecule has 0 aliphatic heterocycles. The van der Waals surface area contributed by atoms with Crippen molar-refractivity contribution in [2.45, 2.75) is 19.5 Å². The lowest BCUT2D eigenvalue weighted by Crippen LogP contribution is -2.36. The number of hydrogen-bond donors (Lipinski definition) is 3. The zero-order chi connectivity index (χ0) is 17.5. The molecule has 0 aromatic heterocycles. The lowest BCUT2D eigenvalue weighted by atomic mass is 10.1. The van der Waals surface area contributed by atoms with Crippen molar-refractivity contribution in [2.75, 3.05) is 7.05 Å². The predicted molar refractivity (Wildman–Crippen MR) is 97.8 cm³/mol. The van der Waals surface area contributed by atoms with Gasteiger partial charge in [0.25, 0.3) is 5.91 Å². The number of hydrogen-bond acceptors (Lipinski definition) is 2. The quantitative estimate of drug-likeness (QED) is 0.733. The number of urea groups is 1. The highest BCUT2D eigenvalue weighted by Crippen LogP contribution is 2.16. The molecule has 0 bridgehead atoms. The molecule has 5 nitrogen and oxygen atoms in total. The molecule has 1 unspecified atom stereocenters. The van der Waals surface area contributed by atoms with Crippen molar-refractivity contribution in [3.8, 4) is 0 Å². The number of benzene rings is 2. The van der Waals surface area contributed by atoms with Crippen LogP contribution in [-0.2, 0) is 6.54 Å². The fourth-order valence-corrected chi connectivity index (χ4v) is 2.45. The Bertz CT molecular complexity index is 699. The van der Waals surface area contributed by atoms with Crippen LogP contribution in [0.25, 0.3) is 0 Å². The van der Waals surface area contributed by atoms with Crippen molar-refractivity contribution >= 4 is 27.9 Å². The largest absolute Gasteiger partial charge is 0.355 e. The van der Waals surface area contributed by atoms with Gasteiger partial charge < -0.3 is 16.0 Å². The zero-order valence-electron chi connectivity index (χ0n) is 13.6. The first-order valence-electron chi connectivity index (χ1n) is 7.60. The third kappa shape index (κ3) is 5.09. The molecule has 3 amide bonds. The molecule has 0 heterocycles. The molecule has 6 heteroatoms. The van der Waals surface area contributed by atoms with Crippen molar-refractivity contribution < 1.29 is 9.59 Å². The Morgan fingerprint density at radius 2 is 1.67 bits per heavy atom. The van der Waals surface area contributed by atoms with E-state index in [9.17, 15) is 9.59 Å². The first-order chi connectivity index (χ1) is 11.5. The molecule has 0 spiro atoms. The summed E-state index contributed by atoms with van der Waals surface area (Å²) in [5.74, 6) is -0.129. The summed E-state index contributed by atoms with van der Waals surface area (Å²) in [6, 6.07) is 14.6. The lowest BCUT2D eigenvalue weighted by molar-refractivity contribution is 0.0963. The summed E-state index contributed by atoms with van der Waals surface area (Å²) in [5, 5.41) is 8.28. The second kappa shape index (κ2) is 8.49. The number of carbonyl (C=O) groups is 2. The van der Waals surface area contributed by atoms with Crippen LogP contribution in [0.15, 0.2) is 53.0 Å². The van der Waals surface area contributed by atoms with Gasteiger partial charge in [-0.25, -0.2) is 4.79 Å². The Morgan fingerprint density at radius 1 is 1.04 bits per heavy atom. The van der Waals surface area contributed by atoms with E-state index in [-0.39, 0.29) is 18.0 Å². The highest BCUT2D eigenvalue weighted by atomic mass is 79.9. The van der Waals surface area contributed by atoms with Crippen LogP contribution in [0.2, 0.25) is 0 Å². The molecule has 2 rings (SSSR count). The first kappa shape index (κ1) is 18.0. The third-order valence-corrected chi connectivity index (χ3v) is 4.14. The number of nitrogens with one attached hydrogen (secondary N) is 3. The number of amides is 3. The summed E-state index contributed by atoms with van der Waals surface area (Å²) in [5.41, 5.74) is 2.55.